The molecule has 0 fully saturated rings. The van der Waals surface area contributed by atoms with Crippen LogP contribution in [0.5, 0.6) is 0 Å². The van der Waals surface area contributed by atoms with Crippen molar-refractivity contribution in [1.29, 1.82) is 0 Å². The zero-order valence-corrected chi connectivity index (χ0v) is 9.74. The topological polar surface area (TPSA) is 88.2 Å². The molecule has 2 rings (SSSR count). The average Bonchev–Trinajstić information content (AvgIpc) is 2.95. The molecule has 0 saturated carbocycles. The molecule has 0 atom stereocenters. The maximum atomic E-state index is 10.9. The summed E-state index contributed by atoms with van der Waals surface area (Å²) in [6.45, 7) is 1.19. The lowest BCUT2D eigenvalue weighted by molar-refractivity contribution is 0.0701. The van der Waals surface area contributed by atoms with Crippen LogP contribution in [0.3, 0.4) is 0 Å². The van der Waals surface area contributed by atoms with Crippen LogP contribution in [0.1, 0.15) is 21.1 Å². The number of aromatic nitrogens is 2. The molecule has 2 aromatic heterocycles. The van der Waals surface area contributed by atoms with Crippen LogP contribution in [0.4, 0.5) is 0 Å². The Hall–Kier alpha value is -1.73. The van der Waals surface area contributed by atoms with E-state index >= 15 is 0 Å². The molecule has 7 heteroatoms. The molecule has 0 bridgehead atoms. The molecule has 90 valence electrons. The summed E-state index contributed by atoms with van der Waals surface area (Å²) in [5, 5.41) is 17.3. The first kappa shape index (κ1) is 11.7. The zero-order valence-electron chi connectivity index (χ0n) is 8.92. The minimum atomic E-state index is -0.881. The van der Waals surface area contributed by atoms with Gasteiger partial charge in [-0.15, -0.1) is 11.3 Å². The van der Waals surface area contributed by atoms with Gasteiger partial charge in [0, 0.05) is 19.5 Å². The Bertz CT molecular complexity index is 481. The third-order valence-electron chi connectivity index (χ3n) is 2.18. The molecule has 0 radical (unpaired) electrons. The lowest BCUT2D eigenvalue weighted by atomic mass is 10.2. The highest BCUT2D eigenvalue weighted by atomic mass is 32.1. The van der Waals surface area contributed by atoms with E-state index in [1.165, 1.54) is 17.7 Å². The van der Waals surface area contributed by atoms with Crippen molar-refractivity contribution in [2.75, 3.05) is 6.54 Å². The average molecular weight is 253 g/mol. The zero-order chi connectivity index (χ0) is 12.1. The van der Waals surface area contributed by atoms with Crippen molar-refractivity contribution in [3.8, 4) is 0 Å². The molecule has 2 N–H and O–H groups in total. The Morgan fingerprint density at radius 2 is 2.47 bits per heavy atom. The van der Waals surface area contributed by atoms with Gasteiger partial charge < -0.3 is 14.9 Å². The van der Waals surface area contributed by atoms with E-state index in [2.05, 4.69) is 15.5 Å². The van der Waals surface area contributed by atoms with E-state index in [1.54, 1.807) is 5.38 Å². The fourth-order valence-electron chi connectivity index (χ4n) is 1.39. The fraction of sp³-hybridized carbons (Fsp3) is 0.300. The van der Waals surface area contributed by atoms with Crippen molar-refractivity contribution in [2.24, 2.45) is 0 Å². The molecular weight excluding hydrogens is 242 g/mol. The van der Waals surface area contributed by atoms with E-state index in [0.717, 1.165) is 5.56 Å². The van der Waals surface area contributed by atoms with E-state index in [4.69, 9.17) is 9.63 Å². The predicted molar refractivity (Wildman–Crippen MR) is 61.0 cm³/mol. The lowest BCUT2D eigenvalue weighted by Gasteiger charge is -2.02. The summed E-state index contributed by atoms with van der Waals surface area (Å²) >= 11 is 1.23. The SMILES string of the molecule is O=C(O)c1sccc1CNCCc1ncno1. The van der Waals surface area contributed by atoms with E-state index in [9.17, 15) is 4.79 Å². The quantitative estimate of drug-likeness (QED) is 0.751. The molecule has 6 nitrogen and oxygen atoms in total. The van der Waals surface area contributed by atoms with Gasteiger partial charge in [0.15, 0.2) is 6.33 Å². The Kier molecular flexibility index (Phi) is 3.84. The molecule has 0 aliphatic carbocycles. The first-order valence-electron chi connectivity index (χ1n) is 5.03. The van der Waals surface area contributed by atoms with Gasteiger partial charge in [-0.3, -0.25) is 0 Å². The molecule has 0 spiro atoms. The van der Waals surface area contributed by atoms with Crippen LogP contribution in [0, 0.1) is 0 Å². The Morgan fingerprint density at radius 1 is 1.59 bits per heavy atom. The Labute approximate surface area is 101 Å². The largest absolute Gasteiger partial charge is 0.477 e. The van der Waals surface area contributed by atoms with Crippen molar-refractivity contribution in [1.82, 2.24) is 15.5 Å². The van der Waals surface area contributed by atoms with E-state index in [-0.39, 0.29) is 0 Å². The number of carboxylic acids is 1. The molecule has 2 aromatic rings. The Morgan fingerprint density at radius 3 is 3.18 bits per heavy atom. The van der Waals surface area contributed by atoms with Crippen LogP contribution in [0.2, 0.25) is 0 Å². The van der Waals surface area contributed by atoms with Crippen LogP contribution in [0.15, 0.2) is 22.3 Å². The first-order chi connectivity index (χ1) is 8.27. The van der Waals surface area contributed by atoms with Gasteiger partial charge in [-0.05, 0) is 17.0 Å². The number of hydrogen-bond acceptors (Lipinski definition) is 6. The molecule has 0 aliphatic rings. The fourth-order valence-corrected chi connectivity index (χ4v) is 2.15. The van der Waals surface area contributed by atoms with E-state index in [1.807, 2.05) is 6.07 Å². The summed E-state index contributed by atoms with van der Waals surface area (Å²) < 4.78 is 4.84. The first-order valence-corrected chi connectivity index (χ1v) is 5.91. The van der Waals surface area contributed by atoms with Gasteiger partial charge >= 0.3 is 5.97 Å². The molecule has 0 aliphatic heterocycles. The van der Waals surface area contributed by atoms with Crippen LogP contribution in [0.25, 0.3) is 0 Å². The van der Waals surface area contributed by atoms with Crippen LogP contribution in [-0.2, 0) is 13.0 Å². The number of thiophene rings is 1. The summed E-state index contributed by atoms with van der Waals surface area (Å²) in [7, 11) is 0. The summed E-state index contributed by atoms with van der Waals surface area (Å²) in [6, 6.07) is 1.81. The normalized spacial score (nSPS) is 10.6. The van der Waals surface area contributed by atoms with Gasteiger partial charge in [0.1, 0.15) is 4.88 Å². The summed E-state index contributed by atoms with van der Waals surface area (Å²) in [6.07, 6.45) is 1.99. The van der Waals surface area contributed by atoms with Gasteiger partial charge in [-0.25, -0.2) is 4.79 Å². The highest BCUT2D eigenvalue weighted by Crippen LogP contribution is 2.16. The molecular formula is C10H11N3O3S. The predicted octanol–water partition coefficient (Wildman–Crippen LogP) is 1.16. The summed E-state index contributed by atoms with van der Waals surface area (Å²) in [4.78, 5) is 15.1. The number of carboxylic acid groups (broad SMARTS) is 1. The number of rotatable bonds is 6. The van der Waals surface area contributed by atoms with Gasteiger partial charge in [0.25, 0.3) is 0 Å². The second-order valence-corrected chi connectivity index (χ2v) is 4.26. The molecule has 0 amide bonds. The van der Waals surface area contributed by atoms with Crippen LogP contribution >= 0.6 is 11.3 Å². The van der Waals surface area contributed by atoms with Gasteiger partial charge in [0.05, 0.1) is 0 Å². The highest BCUT2D eigenvalue weighted by Gasteiger charge is 2.10. The number of nitrogens with one attached hydrogen (secondary N) is 1. The second-order valence-electron chi connectivity index (χ2n) is 3.34. The van der Waals surface area contributed by atoms with Gasteiger partial charge in [-0.2, -0.15) is 4.98 Å². The van der Waals surface area contributed by atoms with Crippen molar-refractivity contribution in [2.45, 2.75) is 13.0 Å². The van der Waals surface area contributed by atoms with Crippen molar-refractivity contribution < 1.29 is 14.4 Å². The molecule has 2 heterocycles. The molecule has 0 unspecified atom stereocenters. The standard InChI is InChI=1S/C10H11N3O3S/c14-10(15)9-7(2-4-17-9)5-11-3-1-8-12-6-13-16-8/h2,4,6,11H,1,3,5H2,(H,14,15). The van der Waals surface area contributed by atoms with E-state index < -0.39 is 5.97 Å². The van der Waals surface area contributed by atoms with Gasteiger partial charge in [-0.1, -0.05) is 5.16 Å². The van der Waals surface area contributed by atoms with Crippen LogP contribution < -0.4 is 5.32 Å². The highest BCUT2D eigenvalue weighted by molar-refractivity contribution is 7.12. The molecule has 17 heavy (non-hydrogen) atoms. The lowest BCUT2D eigenvalue weighted by Crippen LogP contribution is -2.17. The Balaban J connectivity index is 1.78. The number of carbonyl (C=O) groups is 1. The maximum absolute atomic E-state index is 10.9. The molecule has 0 aromatic carbocycles. The molecule has 0 saturated heterocycles. The number of nitrogens with zero attached hydrogens (tertiary/aromatic N) is 2. The number of hydrogen-bond donors (Lipinski definition) is 2. The maximum Gasteiger partial charge on any atom is 0.346 e. The van der Waals surface area contributed by atoms with Crippen LogP contribution in [-0.4, -0.2) is 27.8 Å². The minimum Gasteiger partial charge on any atom is -0.477 e. The minimum absolute atomic E-state index is 0.385. The second kappa shape index (κ2) is 5.55. The van der Waals surface area contributed by atoms with Gasteiger partial charge in [0.2, 0.25) is 5.89 Å². The number of aromatic carboxylic acids is 1. The monoisotopic (exact) mass is 253 g/mol. The third kappa shape index (κ3) is 3.11. The third-order valence-corrected chi connectivity index (χ3v) is 3.12. The van der Waals surface area contributed by atoms with Crippen molar-refractivity contribution >= 4 is 17.3 Å². The van der Waals surface area contributed by atoms with Crippen molar-refractivity contribution in [3.05, 3.63) is 34.1 Å². The summed E-state index contributed by atoms with van der Waals surface area (Å²) in [5.74, 6) is -0.310. The smallest absolute Gasteiger partial charge is 0.346 e. The van der Waals surface area contributed by atoms with Crippen molar-refractivity contribution in [3.63, 3.8) is 0 Å². The van der Waals surface area contributed by atoms with E-state index in [0.29, 0.717) is 30.3 Å². The summed E-state index contributed by atoms with van der Waals surface area (Å²) in [5.41, 5.74) is 0.799.